The van der Waals surface area contributed by atoms with Crippen LogP contribution in [0.25, 0.3) is 0 Å². The van der Waals surface area contributed by atoms with Gasteiger partial charge < -0.3 is 5.11 Å². The molecule has 1 atom stereocenters. The Morgan fingerprint density at radius 2 is 1.26 bits per heavy atom. The van der Waals surface area contributed by atoms with E-state index in [1.165, 1.54) is 0 Å². The van der Waals surface area contributed by atoms with Gasteiger partial charge in [0.25, 0.3) is 0 Å². The van der Waals surface area contributed by atoms with Crippen LogP contribution in [0.4, 0.5) is 22.0 Å². The highest BCUT2D eigenvalue weighted by atomic mass is 19.2. The van der Waals surface area contributed by atoms with Crippen molar-refractivity contribution in [2.45, 2.75) is 6.10 Å². The first-order valence-electron chi connectivity index (χ1n) is 5.18. The lowest BCUT2D eigenvalue weighted by Gasteiger charge is -2.14. The van der Waals surface area contributed by atoms with Crippen molar-refractivity contribution in [3.8, 4) is 0 Å². The molecule has 100 valence electrons. The van der Waals surface area contributed by atoms with Gasteiger partial charge >= 0.3 is 0 Å². The first kappa shape index (κ1) is 13.5. The predicted octanol–water partition coefficient (Wildman–Crippen LogP) is 3.46. The molecular formula is C13H7F5O. The van der Waals surface area contributed by atoms with Crippen LogP contribution in [0, 0.1) is 29.1 Å². The Bertz CT molecular complexity index is 606. The minimum Gasteiger partial charge on any atom is -0.383 e. The summed E-state index contributed by atoms with van der Waals surface area (Å²) >= 11 is 0. The molecule has 0 heterocycles. The topological polar surface area (TPSA) is 20.2 Å². The largest absolute Gasteiger partial charge is 0.383 e. The molecule has 1 nitrogen and oxygen atoms in total. The first-order valence-corrected chi connectivity index (χ1v) is 5.18. The highest BCUT2D eigenvalue weighted by Crippen LogP contribution is 2.29. The molecule has 0 aliphatic heterocycles. The maximum absolute atomic E-state index is 13.4. The lowest BCUT2D eigenvalue weighted by atomic mass is 9.99. The van der Waals surface area contributed by atoms with Gasteiger partial charge in [0.05, 0.1) is 5.56 Å². The van der Waals surface area contributed by atoms with E-state index >= 15 is 0 Å². The van der Waals surface area contributed by atoms with Gasteiger partial charge in [0.2, 0.25) is 0 Å². The number of aliphatic hydroxyl groups is 1. The monoisotopic (exact) mass is 274 g/mol. The van der Waals surface area contributed by atoms with Crippen LogP contribution in [-0.2, 0) is 0 Å². The third kappa shape index (κ3) is 2.44. The second-order valence-corrected chi connectivity index (χ2v) is 3.83. The van der Waals surface area contributed by atoms with E-state index in [0.29, 0.717) is 6.07 Å². The molecule has 0 aliphatic carbocycles. The van der Waals surface area contributed by atoms with E-state index in [4.69, 9.17) is 0 Å². The fourth-order valence-electron chi connectivity index (χ4n) is 1.67. The zero-order valence-electron chi connectivity index (χ0n) is 9.30. The third-order valence-electron chi connectivity index (χ3n) is 2.61. The summed E-state index contributed by atoms with van der Waals surface area (Å²) in [6, 6.07) is 3.34. The van der Waals surface area contributed by atoms with Crippen molar-refractivity contribution in [2.75, 3.05) is 0 Å². The third-order valence-corrected chi connectivity index (χ3v) is 2.61. The smallest absolute Gasteiger partial charge is 0.161 e. The highest BCUT2D eigenvalue weighted by Gasteiger charge is 2.24. The number of hydrogen-bond acceptors (Lipinski definition) is 1. The Morgan fingerprint density at radius 1 is 0.737 bits per heavy atom. The fraction of sp³-hybridized carbons (Fsp3) is 0.0769. The van der Waals surface area contributed by atoms with E-state index in [0.717, 1.165) is 18.2 Å². The Balaban J connectivity index is 2.56. The molecule has 0 bridgehead atoms. The summed E-state index contributed by atoms with van der Waals surface area (Å²) < 4.78 is 66.0. The van der Waals surface area contributed by atoms with Crippen LogP contribution in [0.3, 0.4) is 0 Å². The van der Waals surface area contributed by atoms with Crippen molar-refractivity contribution in [3.63, 3.8) is 0 Å². The van der Waals surface area contributed by atoms with Crippen LogP contribution in [0.1, 0.15) is 17.2 Å². The molecule has 0 saturated carbocycles. The average Bonchev–Trinajstić information content (AvgIpc) is 2.33. The molecule has 0 aliphatic rings. The van der Waals surface area contributed by atoms with Gasteiger partial charge in [0.15, 0.2) is 11.6 Å². The summed E-state index contributed by atoms with van der Waals surface area (Å²) in [6.07, 6.45) is -2.07. The molecule has 2 rings (SSSR count). The minimum atomic E-state index is -2.07. The Morgan fingerprint density at radius 3 is 1.84 bits per heavy atom. The average molecular weight is 274 g/mol. The summed E-state index contributed by atoms with van der Waals surface area (Å²) in [5, 5.41) is 9.74. The summed E-state index contributed by atoms with van der Waals surface area (Å²) in [4.78, 5) is 0. The van der Waals surface area contributed by atoms with E-state index in [1.807, 2.05) is 0 Å². The molecule has 1 unspecified atom stereocenters. The van der Waals surface area contributed by atoms with E-state index in [-0.39, 0.29) is 6.07 Å². The molecule has 0 amide bonds. The van der Waals surface area contributed by atoms with Crippen molar-refractivity contribution in [3.05, 3.63) is 70.5 Å². The molecule has 1 N–H and O–H groups in total. The SMILES string of the molecule is OC(c1cc(F)c(F)cc1F)c1c(F)cccc1F. The molecular weight excluding hydrogens is 267 g/mol. The van der Waals surface area contributed by atoms with Gasteiger partial charge in [-0.05, 0) is 18.2 Å². The fourth-order valence-corrected chi connectivity index (χ4v) is 1.67. The second kappa shape index (κ2) is 4.97. The van der Waals surface area contributed by atoms with E-state index in [2.05, 4.69) is 0 Å². The zero-order valence-corrected chi connectivity index (χ0v) is 9.30. The molecule has 0 saturated heterocycles. The van der Waals surface area contributed by atoms with Crippen LogP contribution >= 0.6 is 0 Å². The number of benzene rings is 2. The Labute approximate surface area is 104 Å². The van der Waals surface area contributed by atoms with Gasteiger partial charge in [-0.3, -0.25) is 0 Å². The van der Waals surface area contributed by atoms with Crippen LogP contribution in [-0.4, -0.2) is 5.11 Å². The maximum Gasteiger partial charge on any atom is 0.161 e. The van der Waals surface area contributed by atoms with Gasteiger partial charge in [-0.2, -0.15) is 0 Å². The van der Waals surface area contributed by atoms with Gasteiger partial charge in [-0.15, -0.1) is 0 Å². The number of halogens is 5. The van der Waals surface area contributed by atoms with Crippen molar-refractivity contribution >= 4 is 0 Å². The van der Waals surface area contributed by atoms with Crippen molar-refractivity contribution in [2.24, 2.45) is 0 Å². The number of aliphatic hydroxyl groups excluding tert-OH is 1. The molecule has 0 fully saturated rings. The van der Waals surface area contributed by atoms with Gasteiger partial charge in [0, 0.05) is 11.6 Å². The number of rotatable bonds is 2. The van der Waals surface area contributed by atoms with Crippen LogP contribution in [0.5, 0.6) is 0 Å². The standard InChI is InChI=1S/C13H7F5O/c14-7-2-1-3-8(15)12(7)13(19)6-4-10(17)11(18)5-9(6)16/h1-5,13,19H. The van der Waals surface area contributed by atoms with Gasteiger partial charge in [0.1, 0.15) is 23.6 Å². The molecule has 2 aromatic rings. The van der Waals surface area contributed by atoms with E-state index in [9.17, 15) is 27.1 Å². The summed E-state index contributed by atoms with van der Waals surface area (Å²) in [5.41, 5.74) is -1.57. The molecule has 0 radical (unpaired) electrons. The lowest BCUT2D eigenvalue weighted by Crippen LogP contribution is -2.09. The zero-order chi connectivity index (χ0) is 14.2. The molecule has 6 heteroatoms. The normalized spacial score (nSPS) is 12.5. The van der Waals surface area contributed by atoms with Crippen LogP contribution in [0.2, 0.25) is 0 Å². The first-order chi connectivity index (χ1) is 8.91. The molecule has 2 aromatic carbocycles. The van der Waals surface area contributed by atoms with Gasteiger partial charge in [-0.25, -0.2) is 22.0 Å². The van der Waals surface area contributed by atoms with Crippen LogP contribution in [0.15, 0.2) is 30.3 Å². The second-order valence-electron chi connectivity index (χ2n) is 3.83. The minimum absolute atomic E-state index is 0.201. The predicted molar refractivity (Wildman–Crippen MR) is 56.7 cm³/mol. The molecule has 0 aromatic heterocycles. The number of hydrogen-bond donors (Lipinski definition) is 1. The highest BCUT2D eigenvalue weighted by molar-refractivity contribution is 5.33. The summed E-state index contributed by atoms with van der Waals surface area (Å²) in [5.74, 6) is -6.41. The molecule has 19 heavy (non-hydrogen) atoms. The van der Waals surface area contributed by atoms with Crippen molar-refractivity contribution < 1.29 is 27.1 Å². The molecule has 0 spiro atoms. The van der Waals surface area contributed by atoms with Crippen LogP contribution < -0.4 is 0 Å². The maximum atomic E-state index is 13.4. The van der Waals surface area contributed by atoms with E-state index < -0.39 is 46.3 Å². The Hall–Kier alpha value is -1.95. The van der Waals surface area contributed by atoms with Crippen molar-refractivity contribution in [1.82, 2.24) is 0 Å². The summed E-state index contributed by atoms with van der Waals surface area (Å²) in [7, 11) is 0. The van der Waals surface area contributed by atoms with Crippen molar-refractivity contribution in [1.29, 1.82) is 0 Å². The summed E-state index contributed by atoms with van der Waals surface area (Å²) in [6.45, 7) is 0. The van der Waals surface area contributed by atoms with E-state index in [1.54, 1.807) is 0 Å². The quantitative estimate of drug-likeness (QED) is 0.656. The van der Waals surface area contributed by atoms with Gasteiger partial charge in [-0.1, -0.05) is 6.07 Å². The lowest BCUT2D eigenvalue weighted by molar-refractivity contribution is 0.203. The Kier molecular flexibility index (Phi) is 3.53.